The van der Waals surface area contributed by atoms with Crippen molar-refractivity contribution in [2.45, 2.75) is 13.1 Å². The molecule has 4 heteroatoms. The Kier molecular flexibility index (Phi) is 5.19. The summed E-state index contributed by atoms with van der Waals surface area (Å²) in [5, 5.41) is 13.6. The molecule has 0 aliphatic rings. The first kappa shape index (κ1) is 15.5. The van der Waals surface area contributed by atoms with Crippen LogP contribution in [0.4, 0.5) is 0 Å². The lowest BCUT2D eigenvalue weighted by atomic mass is 10.1. The number of nitrogens with zero attached hydrogens (tertiary/aromatic N) is 3. The smallest absolute Gasteiger partial charge is 0.0648 e. The normalized spacial score (nSPS) is 11.0. The fraction of sp³-hybridized carbons (Fsp3) is 0.211. The van der Waals surface area contributed by atoms with Gasteiger partial charge in [-0.25, -0.2) is 4.68 Å². The summed E-state index contributed by atoms with van der Waals surface area (Å²) in [5.41, 5.74) is 3.52. The lowest BCUT2D eigenvalue weighted by molar-refractivity contribution is 0.184. The van der Waals surface area contributed by atoms with Crippen molar-refractivity contribution in [3.8, 4) is 5.69 Å². The topological polar surface area (TPSA) is 41.3 Å². The van der Waals surface area contributed by atoms with Gasteiger partial charge in [0.15, 0.2) is 0 Å². The van der Waals surface area contributed by atoms with Crippen molar-refractivity contribution in [1.82, 2.24) is 14.7 Å². The molecule has 0 spiro atoms. The van der Waals surface area contributed by atoms with E-state index in [2.05, 4.69) is 34.3 Å². The molecular weight excluding hydrogens is 286 g/mol. The SMILES string of the molecule is OCCN(Cc1ccccc1)Cc1cccc(-n2cccn2)c1. The van der Waals surface area contributed by atoms with Crippen molar-refractivity contribution in [3.05, 3.63) is 84.2 Å². The number of aliphatic hydroxyl groups is 1. The molecule has 0 atom stereocenters. The third kappa shape index (κ3) is 4.28. The van der Waals surface area contributed by atoms with Crippen LogP contribution < -0.4 is 0 Å². The molecule has 1 N–H and O–H groups in total. The summed E-state index contributed by atoms with van der Waals surface area (Å²) in [6.07, 6.45) is 3.72. The van der Waals surface area contributed by atoms with Crippen LogP contribution in [0.2, 0.25) is 0 Å². The minimum absolute atomic E-state index is 0.158. The number of rotatable bonds is 7. The van der Waals surface area contributed by atoms with Crippen molar-refractivity contribution < 1.29 is 5.11 Å². The van der Waals surface area contributed by atoms with E-state index >= 15 is 0 Å². The van der Waals surface area contributed by atoms with Crippen LogP contribution in [0.15, 0.2) is 73.1 Å². The van der Waals surface area contributed by atoms with E-state index in [0.717, 1.165) is 18.8 Å². The molecule has 23 heavy (non-hydrogen) atoms. The second-order valence-electron chi connectivity index (χ2n) is 5.54. The Bertz CT molecular complexity index is 710. The van der Waals surface area contributed by atoms with Gasteiger partial charge in [-0.05, 0) is 29.3 Å². The average Bonchev–Trinajstić information content (AvgIpc) is 3.11. The van der Waals surface area contributed by atoms with Crippen molar-refractivity contribution in [2.75, 3.05) is 13.2 Å². The van der Waals surface area contributed by atoms with E-state index in [-0.39, 0.29) is 6.61 Å². The average molecular weight is 307 g/mol. The van der Waals surface area contributed by atoms with Gasteiger partial charge in [0.05, 0.1) is 12.3 Å². The lowest BCUT2D eigenvalue weighted by Gasteiger charge is -2.22. The molecule has 0 saturated carbocycles. The van der Waals surface area contributed by atoms with Gasteiger partial charge in [0, 0.05) is 32.0 Å². The van der Waals surface area contributed by atoms with Crippen molar-refractivity contribution >= 4 is 0 Å². The van der Waals surface area contributed by atoms with E-state index in [1.807, 2.05) is 47.3 Å². The fourth-order valence-electron chi connectivity index (χ4n) is 2.67. The van der Waals surface area contributed by atoms with Gasteiger partial charge in [-0.1, -0.05) is 42.5 Å². The van der Waals surface area contributed by atoms with Gasteiger partial charge >= 0.3 is 0 Å². The molecule has 118 valence electrons. The number of benzene rings is 2. The summed E-state index contributed by atoms with van der Waals surface area (Å²) < 4.78 is 1.86. The first-order valence-corrected chi connectivity index (χ1v) is 7.81. The molecule has 0 fully saturated rings. The fourth-order valence-corrected chi connectivity index (χ4v) is 2.67. The molecule has 0 aliphatic heterocycles. The number of hydrogen-bond donors (Lipinski definition) is 1. The van der Waals surface area contributed by atoms with Crippen LogP contribution in [0, 0.1) is 0 Å². The van der Waals surface area contributed by atoms with Crippen LogP contribution in [0.25, 0.3) is 5.69 Å². The zero-order valence-electron chi connectivity index (χ0n) is 13.0. The summed E-state index contributed by atoms with van der Waals surface area (Å²) >= 11 is 0. The highest BCUT2D eigenvalue weighted by atomic mass is 16.3. The molecule has 0 radical (unpaired) electrons. The lowest BCUT2D eigenvalue weighted by Crippen LogP contribution is -2.26. The molecule has 4 nitrogen and oxygen atoms in total. The Morgan fingerprint density at radius 2 is 1.70 bits per heavy atom. The van der Waals surface area contributed by atoms with Crippen LogP contribution >= 0.6 is 0 Å². The monoisotopic (exact) mass is 307 g/mol. The minimum Gasteiger partial charge on any atom is -0.395 e. The Hall–Kier alpha value is -2.43. The molecule has 0 amide bonds. The van der Waals surface area contributed by atoms with Crippen LogP contribution in [0.5, 0.6) is 0 Å². The molecule has 0 aliphatic carbocycles. The number of hydrogen-bond acceptors (Lipinski definition) is 3. The van der Waals surface area contributed by atoms with Gasteiger partial charge in [0.25, 0.3) is 0 Å². The van der Waals surface area contributed by atoms with Gasteiger partial charge in [-0.15, -0.1) is 0 Å². The van der Waals surface area contributed by atoms with Crippen LogP contribution in [0.3, 0.4) is 0 Å². The Morgan fingerprint density at radius 1 is 0.913 bits per heavy atom. The van der Waals surface area contributed by atoms with Gasteiger partial charge in [0.1, 0.15) is 0 Å². The maximum Gasteiger partial charge on any atom is 0.0648 e. The highest BCUT2D eigenvalue weighted by Crippen LogP contribution is 2.13. The van der Waals surface area contributed by atoms with E-state index in [9.17, 15) is 5.11 Å². The minimum atomic E-state index is 0.158. The van der Waals surface area contributed by atoms with Gasteiger partial charge in [-0.2, -0.15) is 5.10 Å². The molecule has 0 unspecified atom stereocenters. The highest BCUT2D eigenvalue weighted by Gasteiger charge is 2.07. The molecule has 0 bridgehead atoms. The summed E-state index contributed by atoms with van der Waals surface area (Å²) in [7, 11) is 0. The molecule has 3 rings (SSSR count). The third-order valence-electron chi connectivity index (χ3n) is 3.75. The van der Waals surface area contributed by atoms with E-state index in [0.29, 0.717) is 6.54 Å². The maximum absolute atomic E-state index is 9.34. The summed E-state index contributed by atoms with van der Waals surface area (Å²) in [5.74, 6) is 0. The van der Waals surface area contributed by atoms with E-state index in [4.69, 9.17) is 0 Å². The molecule has 1 heterocycles. The molecule has 2 aromatic carbocycles. The quantitative estimate of drug-likeness (QED) is 0.730. The van der Waals surface area contributed by atoms with Gasteiger partial charge in [-0.3, -0.25) is 4.90 Å². The highest BCUT2D eigenvalue weighted by molar-refractivity contribution is 5.35. The summed E-state index contributed by atoms with van der Waals surface area (Å²) in [4.78, 5) is 2.25. The van der Waals surface area contributed by atoms with Crippen molar-refractivity contribution in [3.63, 3.8) is 0 Å². The predicted molar refractivity (Wildman–Crippen MR) is 91.2 cm³/mol. The third-order valence-corrected chi connectivity index (χ3v) is 3.75. The summed E-state index contributed by atoms with van der Waals surface area (Å²) in [6.45, 7) is 2.44. The first-order chi connectivity index (χ1) is 11.3. The first-order valence-electron chi connectivity index (χ1n) is 7.81. The summed E-state index contributed by atoms with van der Waals surface area (Å²) in [6, 6.07) is 20.6. The van der Waals surface area contributed by atoms with Crippen molar-refractivity contribution in [1.29, 1.82) is 0 Å². The Balaban J connectivity index is 1.73. The van der Waals surface area contributed by atoms with Crippen molar-refractivity contribution in [2.24, 2.45) is 0 Å². The van der Waals surface area contributed by atoms with Crippen LogP contribution in [0.1, 0.15) is 11.1 Å². The van der Waals surface area contributed by atoms with Crippen LogP contribution in [-0.2, 0) is 13.1 Å². The zero-order chi connectivity index (χ0) is 15.9. The second kappa shape index (κ2) is 7.72. The van der Waals surface area contributed by atoms with Gasteiger partial charge in [0.2, 0.25) is 0 Å². The van der Waals surface area contributed by atoms with E-state index in [1.54, 1.807) is 6.20 Å². The standard InChI is InChI=1S/C19H21N3O/c23-13-12-21(15-17-6-2-1-3-7-17)16-18-8-4-9-19(14-18)22-11-5-10-20-22/h1-11,14,23H,12-13,15-16H2. The predicted octanol–water partition coefficient (Wildman–Crippen LogP) is 2.87. The largest absolute Gasteiger partial charge is 0.395 e. The Morgan fingerprint density at radius 3 is 2.43 bits per heavy atom. The van der Waals surface area contributed by atoms with E-state index in [1.165, 1.54) is 11.1 Å². The van der Waals surface area contributed by atoms with Crippen LogP contribution in [-0.4, -0.2) is 32.9 Å². The Labute approximate surface area is 136 Å². The number of aliphatic hydroxyl groups excluding tert-OH is 1. The second-order valence-corrected chi connectivity index (χ2v) is 5.54. The number of aromatic nitrogens is 2. The zero-order valence-corrected chi connectivity index (χ0v) is 13.0. The van der Waals surface area contributed by atoms with Gasteiger partial charge < -0.3 is 5.11 Å². The van der Waals surface area contributed by atoms with E-state index < -0.39 is 0 Å². The molecular formula is C19H21N3O. The maximum atomic E-state index is 9.34. The molecule has 3 aromatic rings. The molecule has 1 aromatic heterocycles. The molecule has 0 saturated heterocycles.